The average Bonchev–Trinajstić information content (AvgIpc) is 3.26. The molecule has 2 N–H and O–H groups in total. The maximum Gasteiger partial charge on any atom is 0.338 e. The van der Waals surface area contributed by atoms with Gasteiger partial charge in [-0.25, -0.2) is 13.2 Å². The van der Waals surface area contributed by atoms with E-state index >= 15 is 0 Å². The molecule has 0 aliphatic carbocycles. The van der Waals surface area contributed by atoms with Crippen molar-refractivity contribution in [2.75, 3.05) is 10.0 Å². The minimum Gasteiger partial charge on any atom is -0.449 e. The van der Waals surface area contributed by atoms with Crippen LogP contribution in [0.3, 0.4) is 0 Å². The number of nitrogens with one attached hydrogen (secondary N) is 2. The Labute approximate surface area is 193 Å². The van der Waals surface area contributed by atoms with Crippen LogP contribution in [0.2, 0.25) is 10.0 Å². The van der Waals surface area contributed by atoms with E-state index in [0.717, 1.165) is 11.3 Å². The zero-order valence-electron chi connectivity index (χ0n) is 16.0. The molecule has 0 bridgehead atoms. The normalized spacial score (nSPS) is 12.1. The van der Waals surface area contributed by atoms with Crippen LogP contribution in [0.25, 0.3) is 0 Å². The topological polar surface area (TPSA) is 102 Å². The fraction of sp³-hybridized carbons (Fsp3) is 0.100. The number of thiophene rings is 1. The van der Waals surface area contributed by atoms with Gasteiger partial charge in [0.05, 0.1) is 16.3 Å². The van der Waals surface area contributed by atoms with Gasteiger partial charge in [0.2, 0.25) is 0 Å². The van der Waals surface area contributed by atoms with Crippen molar-refractivity contribution in [2.24, 2.45) is 0 Å². The number of benzene rings is 2. The molecule has 31 heavy (non-hydrogen) atoms. The van der Waals surface area contributed by atoms with Gasteiger partial charge >= 0.3 is 5.97 Å². The number of amides is 1. The third kappa shape index (κ3) is 5.98. The smallest absolute Gasteiger partial charge is 0.338 e. The molecule has 11 heteroatoms. The Kier molecular flexibility index (Phi) is 7.22. The quantitative estimate of drug-likeness (QED) is 0.444. The van der Waals surface area contributed by atoms with Crippen LogP contribution in [-0.4, -0.2) is 26.4 Å². The Morgan fingerprint density at radius 1 is 1.06 bits per heavy atom. The van der Waals surface area contributed by atoms with Crippen LogP contribution in [0, 0.1) is 0 Å². The maximum absolute atomic E-state index is 12.3. The van der Waals surface area contributed by atoms with E-state index in [9.17, 15) is 18.0 Å². The Balaban J connectivity index is 1.60. The van der Waals surface area contributed by atoms with Gasteiger partial charge in [-0.15, -0.1) is 11.3 Å². The Morgan fingerprint density at radius 2 is 1.77 bits per heavy atom. The SMILES string of the molecule is C[C@H](OC(=O)c1ccc(NS(=O)(=O)c2cccs2)cc1)C(=O)Nc1ccc(Cl)cc1Cl. The lowest BCUT2D eigenvalue weighted by Crippen LogP contribution is -2.30. The zero-order valence-corrected chi connectivity index (χ0v) is 19.1. The van der Waals surface area contributed by atoms with E-state index in [0.29, 0.717) is 10.7 Å². The highest BCUT2D eigenvalue weighted by Crippen LogP contribution is 2.26. The summed E-state index contributed by atoms with van der Waals surface area (Å²) in [6.45, 7) is 1.42. The second-order valence-corrected chi connectivity index (χ2v) is 9.98. The standard InChI is InChI=1S/C20H16Cl2N2O5S2/c1-12(19(25)23-17-9-6-14(21)11-16(17)22)29-20(26)13-4-7-15(8-5-13)24-31(27,28)18-3-2-10-30-18/h2-12,24H,1H3,(H,23,25)/t12-/m0/s1. The number of sulfonamides is 1. The zero-order chi connectivity index (χ0) is 22.6. The number of rotatable bonds is 7. The van der Waals surface area contributed by atoms with E-state index < -0.39 is 28.0 Å². The monoisotopic (exact) mass is 498 g/mol. The molecule has 1 heterocycles. The van der Waals surface area contributed by atoms with Crippen molar-refractivity contribution in [3.63, 3.8) is 0 Å². The highest BCUT2D eigenvalue weighted by Gasteiger charge is 2.20. The second kappa shape index (κ2) is 9.69. The molecule has 1 amide bonds. The molecule has 3 aromatic rings. The fourth-order valence-corrected chi connectivity index (χ4v) is 4.91. The number of ether oxygens (including phenoxy) is 1. The van der Waals surface area contributed by atoms with Gasteiger partial charge in [-0.2, -0.15) is 0 Å². The molecule has 1 aromatic heterocycles. The van der Waals surface area contributed by atoms with Crippen molar-refractivity contribution < 1.29 is 22.7 Å². The number of carbonyl (C=O) groups is 2. The van der Waals surface area contributed by atoms with Crippen molar-refractivity contribution >= 4 is 67.8 Å². The van der Waals surface area contributed by atoms with Crippen molar-refractivity contribution in [1.82, 2.24) is 0 Å². The lowest BCUT2D eigenvalue weighted by Gasteiger charge is -2.14. The molecular weight excluding hydrogens is 483 g/mol. The van der Waals surface area contributed by atoms with Gasteiger partial charge in [-0.3, -0.25) is 9.52 Å². The van der Waals surface area contributed by atoms with Crippen LogP contribution in [0.5, 0.6) is 0 Å². The van der Waals surface area contributed by atoms with Crippen molar-refractivity contribution in [1.29, 1.82) is 0 Å². The number of anilines is 2. The van der Waals surface area contributed by atoms with Crippen LogP contribution >= 0.6 is 34.5 Å². The van der Waals surface area contributed by atoms with Crippen molar-refractivity contribution in [3.05, 3.63) is 75.6 Å². The summed E-state index contributed by atoms with van der Waals surface area (Å²) in [7, 11) is -3.69. The van der Waals surface area contributed by atoms with E-state index in [-0.39, 0.29) is 20.5 Å². The molecule has 0 fully saturated rings. The van der Waals surface area contributed by atoms with Crippen LogP contribution in [0.1, 0.15) is 17.3 Å². The van der Waals surface area contributed by atoms with E-state index in [1.807, 2.05) is 0 Å². The van der Waals surface area contributed by atoms with Gasteiger partial charge in [0, 0.05) is 10.7 Å². The Bertz CT molecular complexity index is 1200. The predicted molar refractivity (Wildman–Crippen MR) is 122 cm³/mol. The summed E-state index contributed by atoms with van der Waals surface area (Å²) < 4.78 is 32.3. The largest absolute Gasteiger partial charge is 0.449 e. The molecule has 7 nitrogen and oxygen atoms in total. The summed E-state index contributed by atoms with van der Waals surface area (Å²) in [5.41, 5.74) is 0.776. The minimum atomic E-state index is -3.69. The van der Waals surface area contributed by atoms with Gasteiger partial charge in [0.25, 0.3) is 15.9 Å². The van der Waals surface area contributed by atoms with E-state index in [1.54, 1.807) is 17.5 Å². The third-order valence-corrected chi connectivity index (χ3v) is 7.30. The van der Waals surface area contributed by atoms with Crippen LogP contribution in [0.4, 0.5) is 11.4 Å². The van der Waals surface area contributed by atoms with E-state index in [2.05, 4.69) is 10.0 Å². The maximum atomic E-state index is 12.3. The van der Waals surface area contributed by atoms with E-state index in [4.69, 9.17) is 27.9 Å². The number of hydrogen-bond acceptors (Lipinski definition) is 6. The molecule has 2 aromatic carbocycles. The van der Waals surface area contributed by atoms with Gasteiger partial charge < -0.3 is 10.1 Å². The molecule has 0 saturated carbocycles. The Hall–Kier alpha value is -2.59. The molecule has 0 radical (unpaired) electrons. The van der Waals surface area contributed by atoms with Gasteiger partial charge in [-0.1, -0.05) is 29.3 Å². The number of carbonyl (C=O) groups excluding carboxylic acids is 2. The number of hydrogen-bond donors (Lipinski definition) is 2. The summed E-state index contributed by atoms with van der Waals surface area (Å²) in [6.07, 6.45) is -1.10. The molecule has 3 rings (SSSR count). The summed E-state index contributed by atoms with van der Waals surface area (Å²) >= 11 is 12.9. The lowest BCUT2D eigenvalue weighted by atomic mass is 10.2. The van der Waals surface area contributed by atoms with Crippen molar-refractivity contribution in [3.8, 4) is 0 Å². The summed E-state index contributed by atoms with van der Waals surface area (Å²) in [5.74, 6) is -1.31. The molecule has 0 spiro atoms. The first-order valence-corrected chi connectivity index (χ1v) is 11.9. The first kappa shape index (κ1) is 23.1. The first-order valence-electron chi connectivity index (χ1n) is 8.79. The molecule has 0 unspecified atom stereocenters. The van der Waals surface area contributed by atoms with Gasteiger partial charge in [0.1, 0.15) is 4.21 Å². The van der Waals surface area contributed by atoms with Crippen LogP contribution < -0.4 is 10.0 Å². The van der Waals surface area contributed by atoms with Gasteiger partial charge in [0.15, 0.2) is 6.10 Å². The van der Waals surface area contributed by atoms with Crippen molar-refractivity contribution in [2.45, 2.75) is 17.2 Å². The summed E-state index contributed by atoms with van der Waals surface area (Å²) in [5, 5.41) is 4.89. The highest BCUT2D eigenvalue weighted by molar-refractivity contribution is 7.94. The summed E-state index contributed by atoms with van der Waals surface area (Å²) in [6, 6.07) is 13.4. The fourth-order valence-electron chi connectivity index (χ4n) is 2.40. The molecule has 0 aliphatic heterocycles. The molecule has 0 saturated heterocycles. The van der Waals surface area contributed by atoms with Gasteiger partial charge in [-0.05, 0) is 60.8 Å². The third-order valence-electron chi connectivity index (χ3n) is 3.97. The number of halogens is 2. The minimum absolute atomic E-state index is 0.156. The highest BCUT2D eigenvalue weighted by atomic mass is 35.5. The second-order valence-electron chi connectivity index (χ2n) is 6.28. The summed E-state index contributed by atoms with van der Waals surface area (Å²) in [4.78, 5) is 24.6. The molecular formula is C20H16Cl2N2O5S2. The lowest BCUT2D eigenvalue weighted by molar-refractivity contribution is -0.123. The van der Waals surface area contributed by atoms with Crippen LogP contribution in [-0.2, 0) is 19.6 Å². The molecule has 1 atom stereocenters. The molecule has 162 valence electrons. The average molecular weight is 499 g/mol. The first-order chi connectivity index (χ1) is 14.7. The van der Waals surface area contributed by atoms with E-state index in [1.165, 1.54) is 49.4 Å². The molecule has 0 aliphatic rings. The Morgan fingerprint density at radius 3 is 2.39 bits per heavy atom. The van der Waals surface area contributed by atoms with Crippen LogP contribution in [0.15, 0.2) is 64.2 Å². The number of esters is 1. The predicted octanol–water partition coefficient (Wildman–Crippen LogP) is 5.04.